The largest absolute Gasteiger partial charge is 0.380 e. The molecule has 0 aromatic heterocycles. The number of hydrogen-bond donors (Lipinski definition) is 0. The molecule has 2 aliphatic heterocycles. The van der Waals surface area contributed by atoms with E-state index in [1.807, 2.05) is 7.11 Å². The van der Waals surface area contributed by atoms with Crippen LogP contribution < -0.4 is 0 Å². The van der Waals surface area contributed by atoms with Crippen molar-refractivity contribution in [3.63, 3.8) is 0 Å². The molecule has 0 aromatic carbocycles. The fourth-order valence-electron chi connectivity index (χ4n) is 2.38. The number of piperidine rings is 1. The van der Waals surface area contributed by atoms with Gasteiger partial charge in [0, 0.05) is 19.7 Å². The van der Waals surface area contributed by atoms with Gasteiger partial charge < -0.3 is 4.74 Å². The zero-order chi connectivity index (χ0) is 7.68. The fraction of sp³-hybridized carbons (Fsp3) is 1.00. The smallest absolute Gasteiger partial charge is 0.0713 e. The van der Waals surface area contributed by atoms with Gasteiger partial charge >= 0.3 is 0 Å². The molecule has 0 spiro atoms. The molecule has 11 heavy (non-hydrogen) atoms. The van der Waals surface area contributed by atoms with E-state index in [0.717, 1.165) is 6.04 Å². The molecule has 0 aliphatic carbocycles. The molecule has 0 bridgehead atoms. The summed E-state index contributed by atoms with van der Waals surface area (Å²) in [7, 11) is 1.84. The molecule has 2 rings (SSSR count). The number of hydrogen-bond acceptors (Lipinski definition) is 2. The number of ether oxygens (including phenoxy) is 1. The van der Waals surface area contributed by atoms with Gasteiger partial charge in [0.25, 0.3) is 0 Å². The van der Waals surface area contributed by atoms with E-state index in [1.54, 1.807) is 0 Å². The van der Waals surface area contributed by atoms with Crippen molar-refractivity contribution in [3.8, 4) is 0 Å². The van der Waals surface area contributed by atoms with Gasteiger partial charge in [-0.1, -0.05) is 6.42 Å². The zero-order valence-corrected chi connectivity index (χ0v) is 7.25. The Balaban J connectivity index is 1.92. The SMILES string of the molecule is CO[C@@H]1C[C@@H]2CCCCN2C1. The van der Waals surface area contributed by atoms with Crippen molar-refractivity contribution in [1.82, 2.24) is 4.90 Å². The molecular formula is C9H17NO. The molecule has 2 heterocycles. The summed E-state index contributed by atoms with van der Waals surface area (Å²) in [4.78, 5) is 2.59. The molecule has 64 valence electrons. The fourth-order valence-corrected chi connectivity index (χ4v) is 2.38. The van der Waals surface area contributed by atoms with Crippen molar-refractivity contribution in [1.29, 1.82) is 0 Å². The average Bonchev–Trinajstić information content (AvgIpc) is 2.46. The zero-order valence-electron chi connectivity index (χ0n) is 7.25. The van der Waals surface area contributed by atoms with E-state index in [1.165, 1.54) is 38.8 Å². The molecular weight excluding hydrogens is 138 g/mol. The van der Waals surface area contributed by atoms with Crippen LogP contribution in [0.3, 0.4) is 0 Å². The predicted molar refractivity (Wildman–Crippen MR) is 44.6 cm³/mol. The van der Waals surface area contributed by atoms with Crippen LogP contribution >= 0.6 is 0 Å². The molecule has 0 radical (unpaired) electrons. The summed E-state index contributed by atoms with van der Waals surface area (Å²) < 4.78 is 5.36. The number of fused-ring (bicyclic) bond motifs is 1. The van der Waals surface area contributed by atoms with E-state index >= 15 is 0 Å². The summed E-state index contributed by atoms with van der Waals surface area (Å²) in [5.74, 6) is 0. The minimum Gasteiger partial charge on any atom is -0.380 e. The van der Waals surface area contributed by atoms with Gasteiger partial charge in [-0.05, 0) is 25.8 Å². The average molecular weight is 155 g/mol. The molecule has 2 saturated heterocycles. The van der Waals surface area contributed by atoms with E-state index in [9.17, 15) is 0 Å². The Labute approximate surface area is 68.5 Å². The normalized spacial score (nSPS) is 39.0. The molecule has 2 nitrogen and oxygen atoms in total. The van der Waals surface area contributed by atoms with Gasteiger partial charge in [0.2, 0.25) is 0 Å². The van der Waals surface area contributed by atoms with Crippen LogP contribution in [0, 0.1) is 0 Å². The van der Waals surface area contributed by atoms with Crippen molar-refractivity contribution >= 4 is 0 Å². The first-order valence-corrected chi connectivity index (χ1v) is 4.67. The second kappa shape index (κ2) is 3.11. The van der Waals surface area contributed by atoms with Crippen molar-refractivity contribution < 1.29 is 4.74 Å². The maximum atomic E-state index is 5.36. The van der Waals surface area contributed by atoms with E-state index in [4.69, 9.17) is 4.74 Å². The Bertz CT molecular complexity index is 124. The Hall–Kier alpha value is -0.0800. The minimum absolute atomic E-state index is 0.526. The summed E-state index contributed by atoms with van der Waals surface area (Å²) in [5, 5.41) is 0. The third kappa shape index (κ3) is 1.42. The van der Waals surface area contributed by atoms with Crippen molar-refractivity contribution in [2.45, 2.75) is 37.8 Å². The Morgan fingerprint density at radius 2 is 2.27 bits per heavy atom. The maximum absolute atomic E-state index is 5.36. The van der Waals surface area contributed by atoms with Crippen LogP contribution in [-0.4, -0.2) is 37.2 Å². The van der Waals surface area contributed by atoms with Crippen LogP contribution in [0.4, 0.5) is 0 Å². The monoisotopic (exact) mass is 155 g/mol. The third-order valence-corrected chi connectivity index (χ3v) is 3.06. The summed E-state index contributed by atoms with van der Waals surface area (Å²) in [5.41, 5.74) is 0. The first kappa shape index (κ1) is 7.56. The number of nitrogens with zero attached hydrogens (tertiary/aromatic N) is 1. The van der Waals surface area contributed by atoms with Crippen LogP contribution in [0.25, 0.3) is 0 Å². The van der Waals surface area contributed by atoms with Crippen molar-refractivity contribution in [3.05, 3.63) is 0 Å². The second-order valence-electron chi connectivity index (χ2n) is 3.74. The molecule has 2 aliphatic rings. The van der Waals surface area contributed by atoms with Gasteiger partial charge in [-0.25, -0.2) is 0 Å². The Kier molecular flexibility index (Phi) is 2.14. The number of rotatable bonds is 1. The summed E-state index contributed by atoms with van der Waals surface area (Å²) in [6.45, 7) is 2.49. The van der Waals surface area contributed by atoms with Crippen molar-refractivity contribution in [2.24, 2.45) is 0 Å². The lowest BCUT2D eigenvalue weighted by atomic mass is 10.0. The second-order valence-corrected chi connectivity index (χ2v) is 3.74. The Morgan fingerprint density at radius 3 is 3.00 bits per heavy atom. The molecule has 2 heteroatoms. The summed E-state index contributed by atoms with van der Waals surface area (Å²) in [6, 6.07) is 0.855. The Morgan fingerprint density at radius 1 is 1.36 bits per heavy atom. The lowest BCUT2D eigenvalue weighted by Gasteiger charge is -2.28. The van der Waals surface area contributed by atoms with E-state index in [-0.39, 0.29) is 0 Å². The van der Waals surface area contributed by atoms with E-state index in [2.05, 4.69) is 4.90 Å². The van der Waals surface area contributed by atoms with E-state index < -0.39 is 0 Å². The highest BCUT2D eigenvalue weighted by molar-refractivity contribution is 4.88. The lowest BCUT2D eigenvalue weighted by molar-refractivity contribution is 0.107. The first-order chi connectivity index (χ1) is 5.40. The first-order valence-electron chi connectivity index (χ1n) is 4.67. The molecule has 2 atom stereocenters. The molecule has 2 fully saturated rings. The number of methoxy groups -OCH3 is 1. The van der Waals surface area contributed by atoms with Crippen LogP contribution in [0.15, 0.2) is 0 Å². The predicted octanol–water partition coefficient (Wildman–Crippen LogP) is 1.26. The molecule has 0 aromatic rings. The highest BCUT2D eigenvalue weighted by Crippen LogP contribution is 2.27. The third-order valence-electron chi connectivity index (χ3n) is 3.06. The van der Waals surface area contributed by atoms with Crippen LogP contribution in [0.5, 0.6) is 0 Å². The van der Waals surface area contributed by atoms with Crippen LogP contribution in [0.2, 0.25) is 0 Å². The topological polar surface area (TPSA) is 12.5 Å². The van der Waals surface area contributed by atoms with Gasteiger partial charge in [-0.15, -0.1) is 0 Å². The molecule has 0 N–H and O–H groups in total. The summed E-state index contributed by atoms with van der Waals surface area (Å²) >= 11 is 0. The highest BCUT2D eigenvalue weighted by Gasteiger charge is 2.33. The van der Waals surface area contributed by atoms with Gasteiger partial charge in [0.05, 0.1) is 6.10 Å². The quantitative estimate of drug-likeness (QED) is 0.565. The van der Waals surface area contributed by atoms with Gasteiger partial charge in [0.15, 0.2) is 0 Å². The van der Waals surface area contributed by atoms with Crippen LogP contribution in [-0.2, 0) is 4.74 Å². The van der Waals surface area contributed by atoms with Gasteiger partial charge in [0.1, 0.15) is 0 Å². The lowest BCUT2D eigenvalue weighted by Crippen LogP contribution is -2.34. The van der Waals surface area contributed by atoms with E-state index in [0.29, 0.717) is 6.10 Å². The maximum Gasteiger partial charge on any atom is 0.0713 e. The molecule has 0 unspecified atom stereocenters. The van der Waals surface area contributed by atoms with Crippen LogP contribution in [0.1, 0.15) is 25.7 Å². The summed E-state index contributed by atoms with van der Waals surface area (Å²) in [6.07, 6.45) is 6.03. The van der Waals surface area contributed by atoms with Crippen molar-refractivity contribution in [2.75, 3.05) is 20.2 Å². The molecule has 0 saturated carbocycles. The molecule has 0 amide bonds. The van der Waals surface area contributed by atoms with Gasteiger partial charge in [-0.3, -0.25) is 4.90 Å². The minimum atomic E-state index is 0.526. The standard InChI is InChI=1S/C9H17NO/c1-11-9-6-8-4-2-3-5-10(8)7-9/h8-9H,2-7H2,1H3/t8-,9+/m0/s1. The van der Waals surface area contributed by atoms with Gasteiger partial charge in [-0.2, -0.15) is 0 Å². The highest BCUT2D eigenvalue weighted by atomic mass is 16.5.